The fourth-order valence-corrected chi connectivity index (χ4v) is 1.77. The van der Waals surface area contributed by atoms with E-state index in [9.17, 15) is 9.59 Å². The Morgan fingerprint density at radius 3 is 2.58 bits per heavy atom. The van der Waals surface area contributed by atoms with Crippen LogP contribution in [0.4, 0.5) is 0 Å². The Morgan fingerprint density at radius 1 is 1.26 bits per heavy atom. The van der Waals surface area contributed by atoms with Crippen molar-refractivity contribution in [1.82, 2.24) is 0 Å². The highest BCUT2D eigenvalue weighted by Crippen LogP contribution is 2.18. The predicted octanol–water partition coefficient (Wildman–Crippen LogP) is 3.06. The number of rotatable bonds is 1. The van der Waals surface area contributed by atoms with Gasteiger partial charge in [0.05, 0.1) is 0 Å². The highest BCUT2D eigenvalue weighted by atomic mass is 16.6. The first-order valence-corrected chi connectivity index (χ1v) is 6.05. The zero-order valence-corrected chi connectivity index (χ0v) is 11.4. The maximum atomic E-state index is 11.9. The first-order chi connectivity index (χ1) is 8.78. The summed E-state index contributed by atoms with van der Waals surface area (Å²) >= 11 is 0. The molecule has 2 rings (SSSR count). The molecule has 1 heterocycles. The summed E-state index contributed by atoms with van der Waals surface area (Å²) in [6.45, 7) is 7.09. The van der Waals surface area contributed by atoms with Gasteiger partial charge < -0.3 is 9.15 Å². The quantitative estimate of drug-likeness (QED) is 0.584. The molecule has 0 radical (unpaired) electrons. The first kappa shape index (κ1) is 13.3. The van der Waals surface area contributed by atoms with Gasteiger partial charge in [-0.3, -0.25) is 0 Å². The molecule has 0 spiro atoms. The number of hydrogen-bond donors (Lipinski definition) is 0. The Kier molecular flexibility index (Phi) is 3.18. The van der Waals surface area contributed by atoms with Crippen molar-refractivity contribution in [1.29, 1.82) is 0 Å². The van der Waals surface area contributed by atoms with Gasteiger partial charge in [-0.25, -0.2) is 9.59 Å². The van der Waals surface area contributed by atoms with Crippen molar-refractivity contribution in [3.63, 3.8) is 0 Å². The van der Waals surface area contributed by atoms with Crippen molar-refractivity contribution in [2.24, 2.45) is 0 Å². The third-order valence-electron chi connectivity index (χ3n) is 2.58. The lowest BCUT2D eigenvalue weighted by molar-refractivity contribution is 0.00654. The Balaban J connectivity index is 2.54. The molecule has 2 aromatic rings. The van der Waals surface area contributed by atoms with Crippen LogP contribution in [0.3, 0.4) is 0 Å². The van der Waals surface area contributed by atoms with E-state index in [1.807, 2.05) is 19.1 Å². The molecule has 0 fully saturated rings. The molecule has 0 atom stereocenters. The number of benzene rings is 1. The second kappa shape index (κ2) is 4.53. The molecule has 0 amide bonds. The van der Waals surface area contributed by atoms with E-state index in [1.165, 1.54) is 6.07 Å². The largest absolute Gasteiger partial charge is 0.456 e. The zero-order chi connectivity index (χ0) is 14.2. The predicted molar refractivity (Wildman–Crippen MR) is 72.4 cm³/mol. The van der Waals surface area contributed by atoms with Gasteiger partial charge in [-0.2, -0.15) is 0 Å². The van der Waals surface area contributed by atoms with Gasteiger partial charge in [0.1, 0.15) is 16.7 Å². The average Bonchev–Trinajstić information content (AvgIpc) is 2.27. The molecule has 0 aliphatic carbocycles. The Labute approximate surface area is 111 Å². The van der Waals surface area contributed by atoms with E-state index in [4.69, 9.17) is 9.15 Å². The van der Waals surface area contributed by atoms with Crippen LogP contribution in [0.15, 0.2) is 33.5 Å². The second-order valence-electron chi connectivity index (χ2n) is 5.44. The molecule has 0 saturated carbocycles. The number of carbonyl (C=O) groups excluding carboxylic acids is 1. The van der Waals surface area contributed by atoms with E-state index in [1.54, 1.807) is 26.8 Å². The van der Waals surface area contributed by atoms with E-state index in [0.29, 0.717) is 11.0 Å². The molecule has 0 saturated heterocycles. The normalized spacial score (nSPS) is 11.6. The Morgan fingerprint density at radius 2 is 1.95 bits per heavy atom. The van der Waals surface area contributed by atoms with Gasteiger partial charge >= 0.3 is 11.6 Å². The molecule has 0 unspecified atom stereocenters. The molecular formula is C15H16O4. The van der Waals surface area contributed by atoms with Crippen molar-refractivity contribution in [3.8, 4) is 0 Å². The molecule has 4 nitrogen and oxygen atoms in total. The minimum Gasteiger partial charge on any atom is -0.456 e. The van der Waals surface area contributed by atoms with Crippen molar-refractivity contribution >= 4 is 16.9 Å². The molecule has 1 aromatic heterocycles. The van der Waals surface area contributed by atoms with Crippen molar-refractivity contribution in [3.05, 3.63) is 45.8 Å². The topological polar surface area (TPSA) is 56.5 Å². The summed E-state index contributed by atoms with van der Waals surface area (Å²) in [6, 6.07) is 7.00. The Hall–Kier alpha value is -2.10. The van der Waals surface area contributed by atoms with Crippen LogP contribution in [0.2, 0.25) is 0 Å². The van der Waals surface area contributed by atoms with Gasteiger partial charge in [-0.15, -0.1) is 0 Å². The molecule has 1 aromatic carbocycles. The number of carbonyl (C=O) groups is 1. The zero-order valence-electron chi connectivity index (χ0n) is 11.4. The smallest absolute Gasteiger partial charge is 0.351 e. The lowest BCUT2D eigenvalue weighted by Crippen LogP contribution is -2.27. The van der Waals surface area contributed by atoms with Gasteiger partial charge in [-0.05, 0) is 39.3 Å². The summed E-state index contributed by atoms with van der Waals surface area (Å²) in [7, 11) is 0. The monoisotopic (exact) mass is 260 g/mol. The van der Waals surface area contributed by atoms with Gasteiger partial charge in [0.15, 0.2) is 0 Å². The lowest BCUT2D eigenvalue weighted by Gasteiger charge is -2.19. The molecule has 4 heteroatoms. The van der Waals surface area contributed by atoms with Gasteiger partial charge in [0.25, 0.3) is 0 Å². The summed E-state index contributed by atoms with van der Waals surface area (Å²) in [5.74, 6) is -0.662. The van der Waals surface area contributed by atoms with Crippen LogP contribution in [0.25, 0.3) is 11.0 Å². The summed E-state index contributed by atoms with van der Waals surface area (Å²) in [4.78, 5) is 23.8. The van der Waals surface area contributed by atoms with Crippen LogP contribution >= 0.6 is 0 Å². The van der Waals surface area contributed by atoms with E-state index in [0.717, 1.165) is 5.56 Å². The minimum absolute atomic E-state index is 0.0759. The first-order valence-electron chi connectivity index (χ1n) is 6.05. The molecule has 0 aliphatic heterocycles. The molecule has 0 aliphatic rings. The fourth-order valence-electron chi connectivity index (χ4n) is 1.77. The van der Waals surface area contributed by atoms with Crippen LogP contribution in [0.5, 0.6) is 0 Å². The van der Waals surface area contributed by atoms with Gasteiger partial charge in [0, 0.05) is 5.39 Å². The van der Waals surface area contributed by atoms with Crippen LogP contribution in [-0.2, 0) is 4.74 Å². The third kappa shape index (κ3) is 2.84. The number of fused-ring (bicyclic) bond motifs is 1. The summed E-state index contributed by atoms with van der Waals surface area (Å²) in [5.41, 5.74) is -0.0420. The number of esters is 1. The van der Waals surface area contributed by atoms with Crippen LogP contribution in [-0.4, -0.2) is 11.6 Å². The van der Waals surface area contributed by atoms with Crippen LogP contribution in [0.1, 0.15) is 36.7 Å². The van der Waals surface area contributed by atoms with Gasteiger partial charge in [0.2, 0.25) is 0 Å². The Bertz CT molecular complexity index is 689. The maximum absolute atomic E-state index is 11.9. The number of ether oxygens (including phenoxy) is 1. The van der Waals surface area contributed by atoms with Crippen LogP contribution in [0, 0.1) is 6.92 Å². The molecule has 0 N–H and O–H groups in total. The van der Waals surface area contributed by atoms with E-state index in [-0.39, 0.29) is 5.56 Å². The molecule has 0 bridgehead atoms. The standard InChI is InChI=1S/C15H16O4/c1-9-6-5-7-10-8-11(13(16)18-12(9)10)14(17)19-15(2,3)4/h5-8H,1-4H3. The highest BCUT2D eigenvalue weighted by molar-refractivity contribution is 5.93. The van der Waals surface area contributed by atoms with Gasteiger partial charge in [-0.1, -0.05) is 18.2 Å². The molecular weight excluding hydrogens is 244 g/mol. The SMILES string of the molecule is Cc1cccc2cc(C(=O)OC(C)(C)C)c(=O)oc12. The lowest BCUT2D eigenvalue weighted by atomic mass is 10.1. The summed E-state index contributed by atoms with van der Waals surface area (Å²) in [5, 5.41) is 0.709. The maximum Gasteiger partial charge on any atom is 0.351 e. The number of para-hydroxylation sites is 1. The van der Waals surface area contributed by atoms with Crippen molar-refractivity contribution < 1.29 is 13.9 Å². The average molecular weight is 260 g/mol. The fraction of sp³-hybridized carbons (Fsp3) is 0.333. The molecule has 100 valence electrons. The van der Waals surface area contributed by atoms with E-state index in [2.05, 4.69) is 0 Å². The number of hydrogen-bond acceptors (Lipinski definition) is 4. The van der Waals surface area contributed by atoms with Crippen molar-refractivity contribution in [2.75, 3.05) is 0 Å². The molecule has 19 heavy (non-hydrogen) atoms. The van der Waals surface area contributed by atoms with E-state index < -0.39 is 17.2 Å². The van der Waals surface area contributed by atoms with Crippen molar-refractivity contribution in [2.45, 2.75) is 33.3 Å². The summed E-state index contributed by atoms with van der Waals surface area (Å²) in [6.07, 6.45) is 0. The van der Waals surface area contributed by atoms with Crippen LogP contribution < -0.4 is 5.63 Å². The third-order valence-corrected chi connectivity index (χ3v) is 2.58. The summed E-state index contributed by atoms with van der Waals surface area (Å²) < 4.78 is 10.4. The van der Waals surface area contributed by atoms with E-state index >= 15 is 0 Å². The second-order valence-corrected chi connectivity index (χ2v) is 5.44. The number of aryl methyl sites for hydroxylation is 1. The highest BCUT2D eigenvalue weighted by Gasteiger charge is 2.21. The minimum atomic E-state index is -0.670.